The van der Waals surface area contributed by atoms with Crippen LogP contribution in [0.5, 0.6) is 5.75 Å². The van der Waals surface area contributed by atoms with Crippen molar-refractivity contribution < 1.29 is 14.4 Å². The minimum absolute atomic E-state index is 0.238. The molecule has 1 fully saturated rings. The van der Waals surface area contributed by atoms with Crippen LogP contribution < -0.4 is 14.5 Å². The highest BCUT2D eigenvalue weighted by Gasteiger charge is 2.24. The van der Waals surface area contributed by atoms with Gasteiger partial charge in [-0.1, -0.05) is 43.3 Å². The Bertz CT molecular complexity index is 768. The van der Waals surface area contributed by atoms with Crippen molar-refractivity contribution in [1.82, 2.24) is 4.90 Å². The molecule has 3 rings (SSSR count). The molecule has 5 heteroatoms. The number of benzene rings is 2. The lowest BCUT2D eigenvalue weighted by molar-refractivity contribution is -0.885. The molecule has 0 aromatic heterocycles. The first-order valence-corrected chi connectivity index (χ1v) is 10.2. The first kappa shape index (κ1) is 20.2. The molecule has 1 saturated heterocycles. The van der Waals surface area contributed by atoms with Gasteiger partial charge in [0.25, 0.3) is 5.91 Å². The van der Waals surface area contributed by atoms with Crippen LogP contribution >= 0.6 is 0 Å². The predicted octanol–water partition coefficient (Wildman–Crippen LogP) is 1.62. The van der Waals surface area contributed by atoms with Gasteiger partial charge in [-0.15, -0.1) is 0 Å². The van der Waals surface area contributed by atoms with E-state index < -0.39 is 0 Å². The molecule has 0 spiro atoms. The van der Waals surface area contributed by atoms with E-state index in [1.54, 1.807) is 7.11 Å². The number of amides is 1. The maximum Gasteiger partial charge on any atom is 0.277 e. The Morgan fingerprint density at radius 1 is 1.00 bits per heavy atom. The molecule has 150 valence electrons. The van der Waals surface area contributed by atoms with Crippen molar-refractivity contribution in [3.63, 3.8) is 0 Å². The van der Waals surface area contributed by atoms with Crippen LogP contribution in [0, 0.1) is 0 Å². The molecule has 1 amide bonds. The highest BCUT2D eigenvalue weighted by atomic mass is 16.5. The standard InChI is InChI=1S/C23H31N3O2/c1-4-19-9-11-20(12-10-19)17-24(2)18-23(27)26-15-13-25(14-16-26)21-7-5-6-8-22(21)28-3/h5-12H,4,13-18H2,1-3H3/p+1. The van der Waals surface area contributed by atoms with Crippen LogP contribution in [-0.2, 0) is 17.8 Å². The second kappa shape index (κ2) is 9.60. The van der Waals surface area contributed by atoms with E-state index in [-0.39, 0.29) is 5.91 Å². The van der Waals surface area contributed by atoms with Gasteiger partial charge >= 0.3 is 0 Å². The summed E-state index contributed by atoms with van der Waals surface area (Å²) < 4.78 is 5.47. The van der Waals surface area contributed by atoms with Crippen molar-refractivity contribution in [1.29, 1.82) is 0 Å². The lowest BCUT2D eigenvalue weighted by Crippen LogP contribution is -3.09. The molecule has 28 heavy (non-hydrogen) atoms. The summed E-state index contributed by atoms with van der Waals surface area (Å²) in [5.41, 5.74) is 3.74. The normalized spacial score (nSPS) is 15.4. The van der Waals surface area contributed by atoms with Crippen molar-refractivity contribution in [2.45, 2.75) is 19.9 Å². The second-order valence-corrected chi connectivity index (χ2v) is 7.52. The van der Waals surface area contributed by atoms with Crippen LogP contribution in [0.3, 0.4) is 0 Å². The monoisotopic (exact) mass is 382 g/mol. The first-order valence-electron chi connectivity index (χ1n) is 10.2. The summed E-state index contributed by atoms with van der Waals surface area (Å²) in [4.78, 5) is 18.2. The summed E-state index contributed by atoms with van der Waals surface area (Å²) in [7, 11) is 3.80. The third-order valence-corrected chi connectivity index (χ3v) is 5.45. The Balaban J connectivity index is 1.49. The number of aryl methyl sites for hydroxylation is 1. The topological polar surface area (TPSA) is 37.2 Å². The first-order chi connectivity index (χ1) is 13.6. The number of carbonyl (C=O) groups excluding carboxylic acids is 1. The molecule has 0 bridgehead atoms. The summed E-state index contributed by atoms with van der Waals surface area (Å²) in [6.07, 6.45) is 1.06. The van der Waals surface area contributed by atoms with Crippen LogP contribution in [0.1, 0.15) is 18.1 Å². The van der Waals surface area contributed by atoms with Gasteiger partial charge in [-0.3, -0.25) is 4.79 Å². The van der Waals surface area contributed by atoms with E-state index in [4.69, 9.17) is 4.74 Å². The lowest BCUT2D eigenvalue weighted by Gasteiger charge is -2.36. The highest BCUT2D eigenvalue weighted by Crippen LogP contribution is 2.28. The summed E-state index contributed by atoms with van der Waals surface area (Å²) in [5, 5.41) is 0. The van der Waals surface area contributed by atoms with E-state index in [1.807, 2.05) is 23.1 Å². The molecule has 1 aliphatic heterocycles. The maximum absolute atomic E-state index is 12.7. The summed E-state index contributed by atoms with van der Waals surface area (Å²) in [5.74, 6) is 1.13. The van der Waals surface area contributed by atoms with Crippen molar-refractivity contribution >= 4 is 11.6 Å². The number of likely N-dealkylation sites (N-methyl/N-ethyl adjacent to an activating group) is 1. The summed E-state index contributed by atoms with van der Waals surface area (Å²) >= 11 is 0. The number of anilines is 1. The van der Waals surface area contributed by atoms with E-state index in [0.717, 1.165) is 50.6 Å². The molecule has 1 atom stereocenters. The number of rotatable bonds is 7. The minimum atomic E-state index is 0.238. The Kier molecular flexibility index (Phi) is 6.93. The molecule has 1 N–H and O–H groups in total. The van der Waals surface area contributed by atoms with Crippen LogP contribution in [0.15, 0.2) is 48.5 Å². The van der Waals surface area contributed by atoms with Crippen molar-refractivity contribution in [3.8, 4) is 5.75 Å². The number of carbonyl (C=O) groups is 1. The van der Waals surface area contributed by atoms with Crippen molar-refractivity contribution in [2.24, 2.45) is 0 Å². The van der Waals surface area contributed by atoms with Gasteiger partial charge in [-0.2, -0.15) is 0 Å². The van der Waals surface area contributed by atoms with Crippen LogP contribution in [-0.4, -0.2) is 57.7 Å². The zero-order chi connectivity index (χ0) is 19.9. The number of nitrogens with zero attached hydrogens (tertiary/aromatic N) is 2. The zero-order valence-electron chi connectivity index (χ0n) is 17.3. The third-order valence-electron chi connectivity index (χ3n) is 5.45. The number of nitrogens with one attached hydrogen (secondary N) is 1. The molecule has 1 heterocycles. The smallest absolute Gasteiger partial charge is 0.277 e. The molecule has 0 aliphatic carbocycles. The van der Waals surface area contributed by atoms with Gasteiger partial charge in [-0.05, 0) is 24.1 Å². The van der Waals surface area contributed by atoms with Gasteiger partial charge in [0.15, 0.2) is 6.54 Å². The SMILES string of the molecule is CCc1ccc(C[NH+](C)CC(=O)N2CCN(c3ccccc3OC)CC2)cc1. The average Bonchev–Trinajstić information content (AvgIpc) is 2.74. The molecule has 2 aromatic rings. The molecule has 0 saturated carbocycles. The zero-order valence-corrected chi connectivity index (χ0v) is 17.3. The van der Waals surface area contributed by atoms with Crippen LogP contribution in [0.2, 0.25) is 0 Å². The van der Waals surface area contributed by atoms with Crippen LogP contribution in [0.25, 0.3) is 0 Å². The Morgan fingerprint density at radius 3 is 2.29 bits per heavy atom. The molecular weight excluding hydrogens is 350 g/mol. The van der Waals surface area contributed by atoms with Gasteiger partial charge in [0.05, 0.1) is 19.8 Å². The fourth-order valence-electron chi connectivity index (χ4n) is 3.76. The summed E-state index contributed by atoms with van der Waals surface area (Å²) in [6.45, 7) is 6.76. The molecule has 0 radical (unpaired) electrons. The lowest BCUT2D eigenvalue weighted by atomic mass is 10.1. The predicted molar refractivity (Wildman–Crippen MR) is 113 cm³/mol. The Morgan fingerprint density at radius 2 is 1.64 bits per heavy atom. The number of methoxy groups -OCH3 is 1. The minimum Gasteiger partial charge on any atom is -0.495 e. The van der Waals surface area contributed by atoms with Crippen LogP contribution in [0.4, 0.5) is 5.69 Å². The van der Waals surface area contributed by atoms with Gasteiger partial charge in [-0.25, -0.2) is 0 Å². The largest absolute Gasteiger partial charge is 0.495 e. The van der Waals surface area contributed by atoms with E-state index in [0.29, 0.717) is 6.54 Å². The van der Waals surface area contributed by atoms with E-state index in [1.165, 1.54) is 16.0 Å². The Hall–Kier alpha value is -2.53. The number of ether oxygens (including phenoxy) is 1. The third kappa shape index (κ3) is 5.04. The van der Waals surface area contributed by atoms with Crippen molar-refractivity contribution in [2.75, 3.05) is 51.8 Å². The molecule has 1 aliphatic rings. The number of quaternary nitrogens is 1. The molecule has 5 nitrogen and oxygen atoms in total. The van der Waals surface area contributed by atoms with Gasteiger partial charge in [0.2, 0.25) is 0 Å². The van der Waals surface area contributed by atoms with E-state index >= 15 is 0 Å². The second-order valence-electron chi connectivity index (χ2n) is 7.52. The summed E-state index contributed by atoms with van der Waals surface area (Å²) in [6, 6.07) is 16.8. The van der Waals surface area contributed by atoms with E-state index in [9.17, 15) is 4.79 Å². The number of hydrogen-bond acceptors (Lipinski definition) is 3. The Labute approximate surface area is 168 Å². The molecule has 1 unspecified atom stereocenters. The maximum atomic E-state index is 12.7. The average molecular weight is 383 g/mol. The number of piperazine rings is 1. The quantitative estimate of drug-likeness (QED) is 0.791. The highest BCUT2D eigenvalue weighted by molar-refractivity contribution is 5.77. The van der Waals surface area contributed by atoms with Crippen molar-refractivity contribution in [3.05, 3.63) is 59.7 Å². The molecule has 2 aromatic carbocycles. The van der Waals surface area contributed by atoms with Gasteiger partial charge in [0, 0.05) is 31.7 Å². The molecular formula is C23H32N3O2+. The number of para-hydroxylation sites is 2. The fourth-order valence-corrected chi connectivity index (χ4v) is 3.76. The van der Waals surface area contributed by atoms with Gasteiger partial charge in [0.1, 0.15) is 12.3 Å². The fraction of sp³-hybridized carbons (Fsp3) is 0.435. The van der Waals surface area contributed by atoms with E-state index in [2.05, 4.69) is 49.2 Å². The van der Waals surface area contributed by atoms with Gasteiger partial charge < -0.3 is 19.4 Å². The number of hydrogen-bond donors (Lipinski definition) is 1.